The van der Waals surface area contributed by atoms with Gasteiger partial charge in [0.1, 0.15) is 0 Å². The first-order chi connectivity index (χ1) is 11.8. The van der Waals surface area contributed by atoms with Gasteiger partial charge in [-0.25, -0.2) is 0 Å². The van der Waals surface area contributed by atoms with Gasteiger partial charge in [-0.1, -0.05) is 60.2 Å². The second-order valence-electron chi connectivity index (χ2n) is 6.93. The molecule has 2 nitrogen and oxygen atoms in total. The largest absolute Gasteiger partial charge is 0.317 e. The molecule has 4 rings (SSSR count). The van der Waals surface area contributed by atoms with Gasteiger partial charge in [-0.2, -0.15) is 0 Å². The van der Waals surface area contributed by atoms with Crippen molar-refractivity contribution in [2.24, 2.45) is 4.99 Å². The van der Waals surface area contributed by atoms with Crippen molar-refractivity contribution in [2.75, 3.05) is 19.6 Å². The summed E-state index contributed by atoms with van der Waals surface area (Å²) in [5, 5.41) is 3.52. The number of allylic oxidation sites excluding steroid dienone is 1. The quantitative estimate of drug-likeness (QED) is 0.904. The molecule has 1 saturated heterocycles. The molecule has 0 unspecified atom stereocenters. The molecule has 1 N–H and O–H groups in total. The monoisotopic (exact) mass is 316 g/mol. The van der Waals surface area contributed by atoms with Crippen molar-refractivity contribution in [3.8, 4) is 0 Å². The van der Waals surface area contributed by atoms with Crippen LogP contribution in [-0.2, 0) is 5.41 Å². The summed E-state index contributed by atoms with van der Waals surface area (Å²) in [4.78, 5) is 4.30. The Labute approximate surface area is 144 Å². The molecule has 0 atom stereocenters. The van der Waals surface area contributed by atoms with Crippen molar-refractivity contribution in [3.63, 3.8) is 0 Å². The second-order valence-corrected chi connectivity index (χ2v) is 6.93. The fourth-order valence-corrected chi connectivity index (χ4v) is 4.00. The molecule has 0 aliphatic carbocycles. The van der Waals surface area contributed by atoms with Gasteiger partial charge in [0.2, 0.25) is 0 Å². The third-order valence-corrected chi connectivity index (χ3v) is 5.48. The van der Waals surface area contributed by atoms with E-state index < -0.39 is 0 Å². The molecule has 122 valence electrons. The van der Waals surface area contributed by atoms with Crippen LogP contribution in [0.2, 0.25) is 0 Å². The highest BCUT2D eigenvalue weighted by Gasteiger charge is 2.35. The Morgan fingerprint density at radius 1 is 0.875 bits per heavy atom. The summed E-state index contributed by atoms with van der Waals surface area (Å²) >= 11 is 0. The van der Waals surface area contributed by atoms with Crippen LogP contribution in [0.5, 0.6) is 0 Å². The number of aliphatic imine (C=N–C) groups is 1. The smallest absolute Gasteiger partial charge is 0.0580 e. The van der Waals surface area contributed by atoms with Gasteiger partial charge in [-0.3, -0.25) is 4.99 Å². The van der Waals surface area contributed by atoms with E-state index in [9.17, 15) is 0 Å². The van der Waals surface area contributed by atoms with E-state index in [4.69, 9.17) is 0 Å². The van der Waals surface area contributed by atoms with Gasteiger partial charge >= 0.3 is 0 Å². The Hall–Kier alpha value is -2.19. The zero-order valence-corrected chi connectivity index (χ0v) is 14.3. The summed E-state index contributed by atoms with van der Waals surface area (Å²) in [5.41, 5.74) is 6.86. The van der Waals surface area contributed by atoms with Crippen molar-refractivity contribution >= 4 is 11.8 Å². The lowest BCUT2D eigenvalue weighted by atomic mass is 9.68. The zero-order chi connectivity index (χ0) is 16.4. The molecule has 0 bridgehead atoms. The molecule has 2 aliphatic heterocycles. The van der Waals surface area contributed by atoms with E-state index in [-0.39, 0.29) is 5.41 Å². The average Bonchev–Trinajstić information content (AvgIpc) is 3.18. The molecule has 2 aliphatic rings. The molecular formula is C22H24N2. The summed E-state index contributed by atoms with van der Waals surface area (Å²) in [6, 6.07) is 18.3. The SMILES string of the molecule is Cc1ccc(C2(c3ccc(C4=CCN=C4)cc3)CCNCC2)cc1. The van der Waals surface area contributed by atoms with E-state index >= 15 is 0 Å². The van der Waals surface area contributed by atoms with Crippen LogP contribution in [0.15, 0.2) is 59.6 Å². The molecule has 0 aromatic heterocycles. The lowest BCUT2D eigenvalue weighted by molar-refractivity contribution is 0.362. The highest BCUT2D eigenvalue weighted by atomic mass is 14.9. The maximum atomic E-state index is 4.30. The van der Waals surface area contributed by atoms with Crippen LogP contribution in [0, 0.1) is 6.92 Å². The Kier molecular flexibility index (Phi) is 4.07. The van der Waals surface area contributed by atoms with Gasteiger partial charge in [0.25, 0.3) is 0 Å². The van der Waals surface area contributed by atoms with Gasteiger partial charge < -0.3 is 5.32 Å². The number of hydrogen-bond donors (Lipinski definition) is 1. The molecule has 24 heavy (non-hydrogen) atoms. The number of benzene rings is 2. The minimum Gasteiger partial charge on any atom is -0.317 e. The van der Waals surface area contributed by atoms with Crippen molar-refractivity contribution in [2.45, 2.75) is 25.2 Å². The molecule has 0 amide bonds. The predicted molar refractivity (Wildman–Crippen MR) is 102 cm³/mol. The van der Waals surface area contributed by atoms with Crippen LogP contribution >= 0.6 is 0 Å². The van der Waals surface area contributed by atoms with Crippen LogP contribution in [0.3, 0.4) is 0 Å². The second kappa shape index (κ2) is 6.37. The van der Waals surface area contributed by atoms with Gasteiger partial charge in [-0.05, 0) is 55.1 Å². The van der Waals surface area contributed by atoms with Crippen LogP contribution in [-0.4, -0.2) is 25.8 Å². The Morgan fingerprint density at radius 3 is 2.08 bits per heavy atom. The summed E-state index contributed by atoms with van der Waals surface area (Å²) in [6.07, 6.45) is 6.48. The number of nitrogens with zero attached hydrogens (tertiary/aromatic N) is 1. The fraction of sp³-hybridized carbons (Fsp3) is 0.318. The first-order valence-corrected chi connectivity index (χ1v) is 8.87. The highest BCUT2D eigenvalue weighted by molar-refractivity contribution is 6.11. The van der Waals surface area contributed by atoms with E-state index in [2.05, 4.69) is 71.8 Å². The molecule has 1 fully saturated rings. The van der Waals surface area contributed by atoms with Crippen molar-refractivity contribution in [1.82, 2.24) is 5.32 Å². The van der Waals surface area contributed by atoms with E-state index in [1.54, 1.807) is 0 Å². The number of hydrogen-bond acceptors (Lipinski definition) is 2. The summed E-state index contributed by atoms with van der Waals surface area (Å²) in [5.74, 6) is 0. The van der Waals surface area contributed by atoms with Gasteiger partial charge in [0.15, 0.2) is 0 Å². The Balaban J connectivity index is 1.73. The Morgan fingerprint density at radius 2 is 1.50 bits per heavy atom. The number of aryl methyl sites for hydroxylation is 1. The van der Waals surface area contributed by atoms with Crippen molar-refractivity contribution in [3.05, 3.63) is 76.9 Å². The van der Waals surface area contributed by atoms with Crippen LogP contribution in [0.25, 0.3) is 5.57 Å². The minimum atomic E-state index is 0.135. The van der Waals surface area contributed by atoms with E-state index in [1.807, 2.05) is 6.21 Å². The molecule has 0 spiro atoms. The molecule has 2 aromatic rings. The zero-order valence-electron chi connectivity index (χ0n) is 14.3. The maximum Gasteiger partial charge on any atom is 0.0580 e. The minimum absolute atomic E-state index is 0.135. The first-order valence-electron chi connectivity index (χ1n) is 8.87. The van der Waals surface area contributed by atoms with Crippen LogP contribution in [0.4, 0.5) is 0 Å². The molecule has 0 radical (unpaired) electrons. The van der Waals surface area contributed by atoms with E-state index in [1.165, 1.54) is 27.8 Å². The summed E-state index contributed by atoms with van der Waals surface area (Å²) in [7, 11) is 0. The molecule has 2 heteroatoms. The van der Waals surface area contributed by atoms with Crippen molar-refractivity contribution in [1.29, 1.82) is 0 Å². The molecule has 2 aromatic carbocycles. The number of nitrogens with one attached hydrogen (secondary N) is 1. The lowest BCUT2D eigenvalue weighted by Crippen LogP contribution is -2.40. The standard InChI is InChI=1S/C22H24N2/c1-17-2-6-20(7-3-17)22(11-14-23-15-12-22)21-8-4-18(5-9-21)19-10-13-24-16-19/h2-10,16,23H,11-15H2,1H3. The van der Waals surface area contributed by atoms with Gasteiger partial charge in [0, 0.05) is 11.6 Å². The number of piperidine rings is 1. The Bertz CT molecular complexity index is 761. The van der Waals surface area contributed by atoms with E-state index in [0.29, 0.717) is 0 Å². The van der Waals surface area contributed by atoms with E-state index in [0.717, 1.165) is 32.5 Å². The fourth-order valence-electron chi connectivity index (χ4n) is 4.00. The number of rotatable bonds is 3. The van der Waals surface area contributed by atoms with Crippen molar-refractivity contribution < 1.29 is 0 Å². The van der Waals surface area contributed by atoms with Crippen LogP contribution < -0.4 is 5.32 Å². The molecular weight excluding hydrogens is 292 g/mol. The lowest BCUT2D eigenvalue weighted by Gasteiger charge is -2.39. The molecule has 0 saturated carbocycles. The first kappa shape index (κ1) is 15.3. The maximum absolute atomic E-state index is 4.30. The third-order valence-electron chi connectivity index (χ3n) is 5.48. The molecule has 2 heterocycles. The average molecular weight is 316 g/mol. The third kappa shape index (κ3) is 2.71. The normalized spacial score (nSPS) is 19.3. The highest BCUT2D eigenvalue weighted by Crippen LogP contribution is 2.40. The van der Waals surface area contributed by atoms with Gasteiger partial charge in [0.05, 0.1) is 6.54 Å². The topological polar surface area (TPSA) is 24.4 Å². The summed E-state index contributed by atoms with van der Waals surface area (Å²) in [6.45, 7) is 5.13. The van der Waals surface area contributed by atoms with Gasteiger partial charge in [-0.15, -0.1) is 0 Å². The predicted octanol–water partition coefficient (Wildman–Crippen LogP) is 4.13. The van der Waals surface area contributed by atoms with Crippen LogP contribution in [0.1, 0.15) is 35.1 Å². The summed E-state index contributed by atoms with van der Waals surface area (Å²) < 4.78 is 0.